The number of amides is 1. The summed E-state index contributed by atoms with van der Waals surface area (Å²) in [6.45, 7) is 2.42. The first-order valence-corrected chi connectivity index (χ1v) is 10.0. The lowest BCUT2D eigenvalue weighted by Crippen LogP contribution is -2.51. The van der Waals surface area contributed by atoms with Crippen molar-refractivity contribution in [2.24, 2.45) is 23.5 Å². The van der Waals surface area contributed by atoms with E-state index in [9.17, 15) is 4.79 Å². The Hall–Kier alpha value is -0.260. The van der Waals surface area contributed by atoms with Crippen LogP contribution < -0.4 is 11.1 Å². The summed E-state index contributed by atoms with van der Waals surface area (Å²) in [7, 11) is 0. The molecule has 3 N–H and O–H groups in total. The van der Waals surface area contributed by atoms with E-state index in [0.717, 1.165) is 45.4 Å². The van der Waals surface area contributed by atoms with Crippen LogP contribution >= 0.6 is 11.8 Å². The fourth-order valence-electron chi connectivity index (χ4n) is 4.59. The van der Waals surface area contributed by atoms with Crippen molar-refractivity contribution in [3.8, 4) is 0 Å². The van der Waals surface area contributed by atoms with E-state index < -0.39 is 0 Å². The van der Waals surface area contributed by atoms with Gasteiger partial charge < -0.3 is 15.8 Å². The summed E-state index contributed by atoms with van der Waals surface area (Å²) < 4.78 is 5.65. The highest BCUT2D eigenvalue weighted by Crippen LogP contribution is 2.42. The van der Waals surface area contributed by atoms with Crippen molar-refractivity contribution < 1.29 is 9.53 Å². The molecule has 2 aliphatic carbocycles. The minimum absolute atomic E-state index is 0.175. The summed E-state index contributed by atoms with van der Waals surface area (Å²) >= 11 is 1.88. The number of fused-ring (bicyclic) bond motifs is 2. The third kappa shape index (κ3) is 3.46. The summed E-state index contributed by atoms with van der Waals surface area (Å²) in [4.78, 5) is 12.6. The van der Waals surface area contributed by atoms with Crippen LogP contribution in [-0.2, 0) is 9.53 Å². The maximum absolute atomic E-state index is 12.6. The average molecular weight is 327 g/mol. The minimum atomic E-state index is 0.175. The highest BCUT2D eigenvalue weighted by Gasteiger charge is 2.41. The van der Waals surface area contributed by atoms with Gasteiger partial charge in [0.1, 0.15) is 0 Å². The first kappa shape index (κ1) is 16.6. The van der Waals surface area contributed by atoms with Gasteiger partial charge in [-0.1, -0.05) is 6.42 Å². The van der Waals surface area contributed by atoms with Gasteiger partial charge in [-0.25, -0.2) is 0 Å². The summed E-state index contributed by atoms with van der Waals surface area (Å²) in [5, 5.41) is 3.26. The monoisotopic (exact) mass is 326 g/mol. The zero-order valence-electron chi connectivity index (χ0n) is 13.7. The van der Waals surface area contributed by atoms with Gasteiger partial charge >= 0.3 is 0 Å². The van der Waals surface area contributed by atoms with Gasteiger partial charge in [0.25, 0.3) is 0 Å². The summed E-state index contributed by atoms with van der Waals surface area (Å²) in [6.07, 6.45) is 9.96. The van der Waals surface area contributed by atoms with Crippen molar-refractivity contribution in [2.45, 2.75) is 55.7 Å². The van der Waals surface area contributed by atoms with Crippen molar-refractivity contribution in [1.82, 2.24) is 5.32 Å². The quantitative estimate of drug-likeness (QED) is 0.831. The normalized spacial score (nSPS) is 37.5. The van der Waals surface area contributed by atoms with Crippen LogP contribution in [0.1, 0.15) is 44.9 Å². The molecular weight excluding hydrogens is 296 g/mol. The molecule has 0 aromatic rings. The summed E-state index contributed by atoms with van der Waals surface area (Å²) in [5.41, 5.74) is 6.33. The Morgan fingerprint density at radius 1 is 1.27 bits per heavy atom. The Morgan fingerprint density at radius 3 is 2.50 bits per heavy atom. The average Bonchev–Trinajstić information content (AvgIpc) is 2.53. The van der Waals surface area contributed by atoms with Crippen LogP contribution in [0.15, 0.2) is 0 Å². The third-order valence-electron chi connectivity index (χ3n) is 6.21. The Morgan fingerprint density at radius 2 is 1.91 bits per heavy atom. The van der Waals surface area contributed by atoms with Crippen molar-refractivity contribution in [1.29, 1.82) is 0 Å². The lowest BCUT2D eigenvalue weighted by Gasteiger charge is -2.44. The first-order valence-electron chi connectivity index (χ1n) is 8.80. The van der Waals surface area contributed by atoms with Crippen molar-refractivity contribution in [3.05, 3.63) is 0 Å². The Bertz CT molecular complexity index is 384. The van der Waals surface area contributed by atoms with Crippen LogP contribution in [0.3, 0.4) is 0 Å². The topological polar surface area (TPSA) is 64.4 Å². The SMILES string of the molecule is CSC1(CNC(=O)C2CC3CCCC(C2)C3N)CCOCC1. The largest absolute Gasteiger partial charge is 0.381 e. The lowest BCUT2D eigenvalue weighted by molar-refractivity contribution is -0.128. The molecule has 3 rings (SSSR count). The molecule has 1 heterocycles. The minimum Gasteiger partial charge on any atom is -0.381 e. The smallest absolute Gasteiger partial charge is 0.223 e. The molecule has 22 heavy (non-hydrogen) atoms. The van der Waals surface area contributed by atoms with Gasteiger partial charge in [0.2, 0.25) is 5.91 Å². The number of nitrogens with one attached hydrogen (secondary N) is 1. The fourth-order valence-corrected chi connectivity index (χ4v) is 5.38. The Balaban J connectivity index is 1.53. The molecule has 3 fully saturated rings. The molecule has 2 atom stereocenters. The molecule has 5 heteroatoms. The summed E-state index contributed by atoms with van der Waals surface area (Å²) in [5.74, 6) is 1.60. The summed E-state index contributed by atoms with van der Waals surface area (Å²) in [6, 6.07) is 0.339. The predicted octanol–water partition coefficient (Wildman–Crippen LogP) is 2.17. The van der Waals surface area contributed by atoms with E-state index >= 15 is 0 Å². The molecule has 4 nitrogen and oxygen atoms in total. The molecular formula is C17H30N2O2S. The van der Waals surface area contributed by atoms with Gasteiger partial charge in [0.15, 0.2) is 0 Å². The van der Waals surface area contributed by atoms with Crippen molar-refractivity contribution in [3.63, 3.8) is 0 Å². The van der Waals surface area contributed by atoms with E-state index in [1.807, 2.05) is 11.8 Å². The second kappa shape index (κ2) is 7.10. The van der Waals surface area contributed by atoms with E-state index in [2.05, 4.69) is 11.6 Å². The van der Waals surface area contributed by atoms with Crippen LogP contribution in [0, 0.1) is 17.8 Å². The highest BCUT2D eigenvalue weighted by molar-refractivity contribution is 8.00. The molecule has 1 amide bonds. The maximum atomic E-state index is 12.6. The Labute approximate surface area is 138 Å². The molecule has 0 spiro atoms. The predicted molar refractivity (Wildman–Crippen MR) is 90.8 cm³/mol. The van der Waals surface area contributed by atoms with E-state index in [4.69, 9.17) is 10.5 Å². The van der Waals surface area contributed by atoms with Gasteiger partial charge in [0.05, 0.1) is 0 Å². The van der Waals surface area contributed by atoms with Crippen molar-refractivity contribution >= 4 is 17.7 Å². The number of rotatable bonds is 4. The lowest BCUT2D eigenvalue weighted by atomic mass is 9.65. The molecule has 126 valence electrons. The van der Waals surface area contributed by atoms with Gasteiger partial charge in [-0.05, 0) is 56.6 Å². The molecule has 2 unspecified atom stereocenters. The van der Waals surface area contributed by atoms with Crippen LogP contribution in [0.2, 0.25) is 0 Å². The van der Waals surface area contributed by atoms with Crippen LogP contribution in [0.4, 0.5) is 0 Å². The molecule has 2 saturated carbocycles. The molecule has 2 bridgehead atoms. The molecule has 1 aliphatic heterocycles. The van der Waals surface area contributed by atoms with E-state index in [0.29, 0.717) is 17.9 Å². The van der Waals surface area contributed by atoms with Gasteiger partial charge in [-0.3, -0.25) is 4.79 Å². The number of carbonyl (C=O) groups excluding carboxylic acids is 1. The zero-order chi connectivity index (χ0) is 15.6. The van der Waals surface area contributed by atoms with E-state index in [1.54, 1.807) is 0 Å². The molecule has 1 saturated heterocycles. The fraction of sp³-hybridized carbons (Fsp3) is 0.941. The van der Waals surface area contributed by atoms with Gasteiger partial charge in [-0.15, -0.1) is 0 Å². The van der Waals surface area contributed by atoms with E-state index in [1.165, 1.54) is 19.3 Å². The van der Waals surface area contributed by atoms with Crippen LogP contribution in [-0.4, -0.2) is 42.7 Å². The van der Waals surface area contributed by atoms with Crippen molar-refractivity contribution in [2.75, 3.05) is 26.0 Å². The molecule has 0 aromatic heterocycles. The van der Waals surface area contributed by atoms with Crippen LogP contribution in [0.5, 0.6) is 0 Å². The molecule has 3 aliphatic rings. The maximum Gasteiger partial charge on any atom is 0.223 e. The number of nitrogens with two attached hydrogens (primary N) is 1. The first-order chi connectivity index (χ1) is 10.6. The second-order valence-corrected chi connectivity index (χ2v) is 8.69. The number of hydrogen-bond donors (Lipinski definition) is 2. The van der Waals surface area contributed by atoms with E-state index in [-0.39, 0.29) is 16.6 Å². The highest BCUT2D eigenvalue weighted by atomic mass is 32.2. The number of hydrogen-bond acceptors (Lipinski definition) is 4. The molecule has 0 radical (unpaired) electrons. The zero-order valence-corrected chi connectivity index (χ0v) is 14.5. The van der Waals surface area contributed by atoms with Gasteiger partial charge in [0, 0.05) is 36.5 Å². The molecule has 0 aromatic carbocycles. The Kier molecular flexibility index (Phi) is 5.35. The standard InChI is InChI=1S/C17H30N2O2S/c1-22-17(5-7-21-8-6-17)11-19-16(20)14-9-12-3-2-4-13(10-14)15(12)18/h12-15H,2-11,18H2,1H3,(H,19,20). The second-order valence-electron chi connectivity index (χ2n) is 7.41. The number of ether oxygens (including phenoxy) is 1. The van der Waals surface area contributed by atoms with Crippen LogP contribution in [0.25, 0.3) is 0 Å². The number of carbonyl (C=O) groups is 1. The third-order valence-corrected chi connectivity index (χ3v) is 7.62. The number of thioether (sulfide) groups is 1. The van der Waals surface area contributed by atoms with Gasteiger partial charge in [-0.2, -0.15) is 11.8 Å².